The maximum Gasteiger partial charge on any atom is 0.0814 e. The van der Waals surface area contributed by atoms with Gasteiger partial charge >= 0.3 is 0 Å². The van der Waals surface area contributed by atoms with E-state index in [2.05, 4.69) is 0 Å². The molecule has 1 N–H and O–H groups in total. The summed E-state index contributed by atoms with van der Waals surface area (Å²) < 4.78 is 24.1. The summed E-state index contributed by atoms with van der Waals surface area (Å²) in [5, 5.41) is 0. The predicted octanol–water partition coefficient (Wildman–Crippen LogP) is -0.0836. The molecule has 0 fully saturated rings. The first kappa shape index (κ1) is 9.12. The van der Waals surface area contributed by atoms with Crippen molar-refractivity contribution in [3.05, 3.63) is 0 Å². The Bertz CT molecular complexity index is 29.9. The Labute approximate surface area is 42.3 Å². The Hall–Kier alpha value is 0.550. The Balaban J connectivity index is 0. The summed E-state index contributed by atoms with van der Waals surface area (Å²) in [5.74, 6) is 0. The van der Waals surface area contributed by atoms with Crippen molar-refractivity contribution in [3.63, 3.8) is 0 Å². The predicted molar refractivity (Wildman–Crippen MR) is 21.9 cm³/mol. The number of hydrogen-bond donors (Lipinski definition) is 1. The monoisotopic (exact) mass is 161 g/mol. The van der Waals surface area contributed by atoms with Crippen LogP contribution in [0.15, 0.2) is 0 Å². The van der Waals surface area contributed by atoms with Crippen LogP contribution in [-0.4, -0.2) is 13.3 Å². The minimum absolute atomic E-state index is 0. The highest BCUT2D eigenvalue weighted by Crippen LogP contribution is 1.43. The summed E-state index contributed by atoms with van der Waals surface area (Å²) in [4.78, 5) is 0. The largest absolute Gasteiger partial charge is 0.750 e. The first-order chi connectivity index (χ1) is 1.73. The molecule has 1 unspecified atom stereocenters. The van der Waals surface area contributed by atoms with Gasteiger partial charge in [-0.3, -0.25) is 0 Å². The van der Waals surface area contributed by atoms with Crippen molar-refractivity contribution >= 4 is 28.3 Å². The van der Waals surface area contributed by atoms with Gasteiger partial charge in [0.15, 0.2) is 0 Å². The van der Waals surface area contributed by atoms with E-state index >= 15 is 0 Å². The molecule has 0 aliphatic heterocycles. The number of halogens is 1. The molecule has 0 heterocycles. The molecule has 5 heteroatoms. The van der Waals surface area contributed by atoms with E-state index in [1.165, 1.54) is 0 Å². The van der Waals surface area contributed by atoms with E-state index in [1.807, 2.05) is 0 Å². The van der Waals surface area contributed by atoms with E-state index in [4.69, 9.17) is 13.3 Å². The first-order valence-electron chi connectivity index (χ1n) is 0.516. The van der Waals surface area contributed by atoms with Gasteiger partial charge in [0.25, 0.3) is 0 Å². The maximum absolute atomic E-state index is 8.56. The molecule has 0 aliphatic rings. The normalized spacial score (nSPS) is 12.4. The molecular weight excluding hydrogens is 160 g/mol. The van der Waals surface area contributed by atoms with E-state index in [0.717, 1.165) is 0 Å². The summed E-state index contributed by atoms with van der Waals surface area (Å²) in [6.45, 7) is 0. The third kappa shape index (κ3) is 97.8. The maximum atomic E-state index is 8.56. The zero-order chi connectivity index (χ0) is 3.58. The van der Waals surface area contributed by atoms with Crippen LogP contribution in [-0.2, 0) is 11.4 Å². The van der Waals surface area contributed by atoms with Crippen molar-refractivity contribution in [1.29, 1.82) is 0 Å². The van der Waals surface area contributed by atoms with Gasteiger partial charge in [0.05, 0.1) is 11.4 Å². The highest BCUT2D eigenvalue weighted by Gasteiger charge is 1.42. The molecule has 34 valence electrons. The van der Waals surface area contributed by atoms with Gasteiger partial charge < -0.3 is 9.11 Å². The van der Waals surface area contributed by atoms with Crippen LogP contribution < -0.4 is 0 Å². The van der Waals surface area contributed by atoms with Crippen LogP contribution >= 0.6 is 17.0 Å². The standard InChI is InChI=1S/BrH.H2O3S/c;1-4(2)3/h1H;(H2,1,2,3)/p-1. The summed E-state index contributed by atoms with van der Waals surface area (Å²) in [5.41, 5.74) is 0. The van der Waals surface area contributed by atoms with Crippen LogP contribution in [0.25, 0.3) is 0 Å². The Morgan fingerprint density at radius 2 is 1.80 bits per heavy atom. The lowest BCUT2D eigenvalue weighted by atomic mass is 15.8. The number of hydrogen-bond acceptors (Lipinski definition) is 2. The third-order valence-corrected chi connectivity index (χ3v) is 0. The van der Waals surface area contributed by atoms with Gasteiger partial charge in [-0.1, -0.05) is 0 Å². The molecule has 5 heavy (non-hydrogen) atoms. The van der Waals surface area contributed by atoms with Gasteiger partial charge in [0.2, 0.25) is 0 Å². The number of rotatable bonds is 0. The highest BCUT2D eigenvalue weighted by atomic mass is 79.9. The zero-order valence-corrected chi connectivity index (χ0v) is 4.61. The summed E-state index contributed by atoms with van der Waals surface area (Å²) in [6.07, 6.45) is 0. The molecule has 0 spiro atoms. The van der Waals surface area contributed by atoms with Crippen LogP contribution in [0.5, 0.6) is 0 Å². The molecule has 0 aliphatic carbocycles. The van der Waals surface area contributed by atoms with Crippen LogP contribution in [0.2, 0.25) is 0 Å². The van der Waals surface area contributed by atoms with Gasteiger partial charge in [-0.2, -0.15) is 0 Å². The average Bonchev–Trinajstić information content (AvgIpc) is 0.811. The Morgan fingerprint density at radius 3 is 1.80 bits per heavy atom. The SMILES string of the molecule is Br.O=S([O-])O. The smallest absolute Gasteiger partial charge is 0.0814 e. The second-order valence-electron chi connectivity index (χ2n) is 0.217. The van der Waals surface area contributed by atoms with Crippen molar-refractivity contribution in [2.45, 2.75) is 0 Å². The highest BCUT2D eigenvalue weighted by molar-refractivity contribution is 8.93. The quantitative estimate of drug-likeness (QED) is 0.506. The minimum atomic E-state index is -2.86. The lowest BCUT2D eigenvalue weighted by molar-refractivity contribution is 0.436. The van der Waals surface area contributed by atoms with Crippen molar-refractivity contribution < 1.29 is 13.3 Å². The van der Waals surface area contributed by atoms with Gasteiger partial charge in [0, 0.05) is 0 Å². The van der Waals surface area contributed by atoms with Crippen molar-refractivity contribution in [1.82, 2.24) is 0 Å². The second-order valence-corrected chi connectivity index (χ2v) is 0.651. The van der Waals surface area contributed by atoms with Gasteiger partial charge in [0.1, 0.15) is 0 Å². The first-order valence-corrected chi connectivity index (χ1v) is 1.55. The van der Waals surface area contributed by atoms with Crippen molar-refractivity contribution in [3.8, 4) is 0 Å². The third-order valence-electron chi connectivity index (χ3n) is 0. The Morgan fingerprint density at radius 1 is 1.80 bits per heavy atom. The molecular formula is H2BrO3S-. The van der Waals surface area contributed by atoms with Crippen LogP contribution in [0.3, 0.4) is 0 Å². The molecule has 1 atom stereocenters. The molecule has 3 nitrogen and oxygen atoms in total. The molecule has 0 aromatic rings. The molecule has 0 saturated carbocycles. The second kappa shape index (κ2) is 4.55. The van der Waals surface area contributed by atoms with E-state index < -0.39 is 11.4 Å². The molecule has 0 aromatic carbocycles. The molecule has 0 bridgehead atoms. The van der Waals surface area contributed by atoms with E-state index in [-0.39, 0.29) is 17.0 Å². The molecule has 0 rings (SSSR count). The average molecular weight is 162 g/mol. The lowest BCUT2D eigenvalue weighted by Gasteiger charge is -1.83. The topological polar surface area (TPSA) is 60.4 Å². The van der Waals surface area contributed by atoms with Gasteiger partial charge in [-0.05, 0) is 0 Å². The summed E-state index contributed by atoms with van der Waals surface area (Å²) in [7, 11) is 0. The van der Waals surface area contributed by atoms with E-state index in [1.54, 1.807) is 0 Å². The van der Waals surface area contributed by atoms with Crippen LogP contribution in [0.1, 0.15) is 0 Å². The molecule has 0 radical (unpaired) electrons. The van der Waals surface area contributed by atoms with E-state index in [9.17, 15) is 0 Å². The lowest BCUT2D eigenvalue weighted by Crippen LogP contribution is -1.75. The fourth-order valence-electron chi connectivity index (χ4n) is 0. The van der Waals surface area contributed by atoms with E-state index in [0.29, 0.717) is 0 Å². The van der Waals surface area contributed by atoms with Crippen molar-refractivity contribution in [2.24, 2.45) is 0 Å². The Kier molecular flexibility index (Phi) is 8.30. The fraction of sp³-hybridized carbons (Fsp3) is 0. The van der Waals surface area contributed by atoms with Crippen LogP contribution in [0, 0.1) is 0 Å². The summed E-state index contributed by atoms with van der Waals surface area (Å²) >= 11 is -2.86. The van der Waals surface area contributed by atoms with Crippen molar-refractivity contribution in [2.75, 3.05) is 0 Å². The minimum Gasteiger partial charge on any atom is -0.750 e. The summed E-state index contributed by atoms with van der Waals surface area (Å²) in [6, 6.07) is 0. The zero-order valence-electron chi connectivity index (χ0n) is 2.08. The van der Waals surface area contributed by atoms with Crippen LogP contribution in [0.4, 0.5) is 0 Å². The molecule has 0 saturated heterocycles. The molecule has 0 aromatic heterocycles. The molecule has 0 amide bonds. The van der Waals surface area contributed by atoms with Gasteiger partial charge in [-0.25, -0.2) is 4.21 Å². The fourth-order valence-corrected chi connectivity index (χ4v) is 0. The van der Waals surface area contributed by atoms with Gasteiger partial charge in [-0.15, -0.1) is 17.0 Å².